The fourth-order valence-corrected chi connectivity index (χ4v) is 3.37. The van der Waals surface area contributed by atoms with Crippen LogP contribution in [0, 0.1) is 11.3 Å². The number of carbonyl (C=O) groups excluding carboxylic acids is 1. The van der Waals surface area contributed by atoms with Gasteiger partial charge >= 0.3 is 0 Å². The van der Waals surface area contributed by atoms with Gasteiger partial charge in [0, 0.05) is 24.1 Å². The Balaban J connectivity index is 2.06. The topological polar surface area (TPSA) is 97.0 Å². The molecule has 32 heavy (non-hydrogen) atoms. The standard InChI is InChI=1S/C22H19ClF2N4O3/c1-3-14-10-27-20(30)15(8-17(14)23)11-29-12-28-19(22(2,24)25)18(21(29)31)32-16-6-4-5-13(7-16)9-26/h4-8,12H,3,10-11H2,1-2H3,(H,27,30). The highest BCUT2D eigenvalue weighted by molar-refractivity contribution is 6.32. The summed E-state index contributed by atoms with van der Waals surface area (Å²) in [6, 6.07) is 7.64. The number of alkyl halides is 2. The van der Waals surface area contributed by atoms with Crippen LogP contribution in [0.15, 0.2) is 57.6 Å². The van der Waals surface area contributed by atoms with Gasteiger partial charge in [0.05, 0.1) is 24.5 Å². The number of aromatic nitrogens is 2. The van der Waals surface area contributed by atoms with Gasteiger partial charge in [-0.2, -0.15) is 14.0 Å². The molecule has 0 aliphatic carbocycles. The molecule has 0 fully saturated rings. The van der Waals surface area contributed by atoms with Crippen LogP contribution in [0.2, 0.25) is 0 Å². The molecule has 0 atom stereocenters. The molecule has 166 valence electrons. The van der Waals surface area contributed by atoms with E-state index < -0.39 is 28.8 Å². The van der Waals surface area contributed by atoms with E-state index in [1.165, 1.54) is 30.3 Å². The maximum absolute atomic E-state index is 14.1. The third-order valence-electron chi connectivity index (χ3n) is 4.76. The van der Waals surface area contributed by atoms with E-state index in [4.69, 9.17) is 21.6 Å². The average molecular weight is 461 g/mol. The van der Waals surface area contributed by atoms with Gasteiger partial charge in [-0.25, -0.2) is 4.98 Å². The van der Waals surface area contributed by atoms with Crippen LogP contribution in [0.3, 0.4) is 0 Å². The fourth-order valence-electron chi connectivity index (χ4n) is 3.03. The summed E-state index contributed by atoms with van der Waals surface area (Å²) in [5, 5.41) is 12.1. The van der Waals surface area contributed by atoms with E-state index in [2.05, 4.69) is 10.3 Å². The number of hydrogen-bond donors (Lipinski definition) is 1. The van der Waals surface area contributed by atoms with E-state index >= 15 is 0 Å². The third kappa shape index (κ3) is 5.03. The quantitative estimate of drug-likeness (QED) is 0.703. The molecule has 1 aliphatic heterocycles. The first-order valence-electron chi connectivity index (χ1n) is 9.66. The number of halogens is 3. The summed E-state index contributed by atoms with van der Waals surface area (Å²) in [7, 11) is 0. The summed E-state index contributed by atoms with van der Waals surface area (Å²) in [6.45, 7) is 2.50. The Morgan fingerprint density at radius 2 is 2.12 bits per heavy atom. The lowest BCUT2D eigenvalue weighted by Gasteiger charge is -2.17. The zero-order chi connectivity index (χ0) is 23.5. The molecule has 0 unspecified atom stereocenters. The summed E-state index contributed by atoms with van der Waals surface area (Å²) in [4.78, 5) is 29.2. The zero-order valence-electron chi connectivity index (χ0n) is 17.3. The lowest BCUT2D eigenvalue weighted by molar-refractivity contribution is -0.117. The van der Waals surface area contributed by atoms with Crippen LogP contribution in [-0.2, 0) is 17.3 Å². The first kappa shape index (κ1) is 23.2. The highest BCUT2D eigenvalue weighted by Gasteiger charge is 2.33. The fraction of sp³-hybridized carbons (Fsp3) is 0.273. The zero-order valence-corrected chi connectivity index (χ0v) is 18.0. The molecule has 1 amide bonds. The predicted octanol–water partition coefficient (Wildman–Crippen LogP) is 3.98. The van der Waals surface area contributed by atoms with Gasteiger partial charge in [-0.05, 0) is 36.3 Å². The number of allylic oxidation sites excluding steroid dienone is 2. The number of benzene rings is 1. The SMILES string of the molecule is CCC1=C(Cl)C=C(Cn2cnc(C(C)(F)F)c(Oc3cccc(C#N)c3)c2=O)C(=O)NC1. The second kappa shape index (κ2) is 9.32. The smallest absolute Gasteiger partial charge is 0.297 e. The van der Waals surface area contributed by atoms with Crippen molar-refractivity contribution >= 4 is 17.5 Å². The maximum atomic E-state index is 14.1. The molecule has 0 bridgehead atoms. The van der Waals surface area contributed by atoms with Gasteiger partial charge in [0.2, 0.25) is 11.7 Å². The van der Waals surface area contributed by atoms with E-state index in [9.17, 15) is 18.4 Å². The van der Waals surface area contributed by atoms with Gasteiger partial charge in [0.15, 0.2) is 5.69 Å². The van der Waals surface area contributed by atoms with Gasteiger partial charge in [-0.1, -0.05) is 24.6 Å². The normalized spacial score (nSPS) is 14.4. The molecule has 0 saturated carbocycles. The monoisotopic (exact) mass is 460 g/mol. The van der Waals surface area contributed by atoms with Crippen LogP contribution in [0.1, 0.15) is 31.5 Å². The summed E-state index contributed by atoms with van der Waals surface area (Å²) in [6.07, 6.45) is 3.02. The van der Waals surface area contributed by atoms with Crippen molar-refractivity contribution in [2.75, 3.05) is 6.54 Å². The lowest BCUT2D eigenvalue weighted by atomic mass is 10.1. The summed E-state index contributed by atoms with van der Waals surface area (Å²) < 4.78 is 34.7. The van der Waals surface area contributed by atoms with E-state index in [0.29, 0.717) is 18.4 Å². The Morgan fingerprint density at radius 3 is 2.78 bits per heavy atom. The minimum atomic E-state index is -3.47. The van der Waals surface area contributed by atoms with E-state index in [1.807, 2.05) is 13.0 Å². The first-order chi connectivity index (χ1) is 15.1. The minimum Gasteiger partial charge on any atom is -0.449 e. The Morgan fingerprint density at radius 1 is 1.38 bits per heavy atom. The molecular formula is C22H19ClF2N4O3. The minimum absolute atomic E-state index is 0.0243. The van der Waals surface area contributed by atoms with Crippen molar-refractivity contribution in [2.45, 2.75) is 32.7 Å². The molecule has 10 heteroatoms. The molecule has 2 heterocycles. The number of ether oxygens (including phenoxy) is 1. The van der Waals surface area contributed by atoms with Crippen LogP contribution < -0.4 is 15.6 Å². The first-order valence-corrected chi connectivity index (χ1v) is 10.0. The van der Waals surface area contributed by atoms with Crippen LogP contribution in [-0.4, -0.2) is 22.0 Å². The van der Waals surface area contributed by atoms with Gasteiger partial charge in [-0.15, -0.1) is 0 Å². The molecule has 0 saturated heterocycles. The van der Waals surface area contributed by atoms with Crippen molar-refractivity contribution in [3.05, 3.63) is 74.5 Å². The van der Waals surface area contributed by atoms with E-state index in [1.54, 1.807) is 0 Å². The molecule has 3 rings (SSSR count). The molecule has 2 aromatic rings. The van der Waals surface area contributed by atoms with Crippen molar-refractivity contribution in [1.29, 1.82) is 5.26 Å². The van der Waals surface area contributed by atoms with Crippen molar-refractivity contribution in [2.24, 2.45) is 0 Å². The number of rotatable bonds is 6. The number of amides is 1. The Labute approximate surface area is 187 Å². The summed E-state index contributed by atoms with van der Waals surface area (Å²) >= 11 is 6.26. The second-order valence-electron chi connectivity index (χ2n) is 7.14. The van der Waals surface area contributed by atoms with Crippen LogP contribution in [0.4, 0.5) is 8.78 Å². The lowest BCUT2D eigenvalue weighted by Crippen LogP contribution is -2.31. The van der Waals surface area contributed by atoms with Crippen molar-refractivity contribution in [1.82, 2.24) is 14.9 Å². The van der Waals surface area contributed by atoms with E-state index in [0.717, 1.165) is 16.5 Å². The van der Waals surface area contributed by atoms with Gasteiger partial charge in [0.25, 0.3) is 11.5 Å². The largest absolute Gasteiger partial charge is 0.449 e. The molecular weight excluding hydrogens is 442 g/mol. The molecule has 1 aromatic heterocycles. The van der Waals surface area contributed by atoms with Gasteiger partial charge < -0.3 is 10.1 Å². The van der Waals surface area contributed by atoms with E-state index in [-0.39, 0.29) is 30.0 Å². The van der Waals surface area contributed by atoms with Gasteiger partial charge in [0.1, 0.15) is 5.75 Å². The Bertz CT molecular complexity index is 1220. The van der Waals surface area contributed by atoms with Crippen LogP contribution in [0.25, 0.3) is 0 Å². The number of nitriles is 1. The summed E-state index contributed by atoms with van der Waals surface area (Å²) in [5.41, 5.74) is -0.553. The molecule has 0 spiro atoms. The van der Waals surface area contributed by atoms with Crippen molar-refractivity contribution < 1.29 is 18.3 Å². The number of nitrogens with one attached hydrogen (secondary N) is 1. The predicted molar refractivity (Wildman–Crippen MR) is 114 cm³/mol. The van der Waals surface area contributed by atoms with Crippen LogP contribution in [0.5, 0.6) is 11.5 Å². The Hall–Kier alpha value is -3.51. The Kier molecular flexibility index (Phi) is 6.75. The number of hydrogen-bond acceptors (Lipinski definition) is 5. The van der Waals surface area contributed by atoms with Crippen LogP contribution >= 0.6 is 11.6 Å². The third-order valence-corrected chi connectivity index (χ3v) is 5.13. The molecule has 1 N–H and O–H groups in total. The second-order valence-corrected chi connectivity index (χ2v) is 7.55. The number of carbonyl (C=O) groups is 1. The molecule has 0 radical (unpaired) electrons. The maximum Gasteiger partial charge on any atom is 0.297 e. The number of nitrogens with zero attached hydrogens (tertiary/aromatic N) is 3. The molecule has 1 aromatic carbocycles. The van der Waals surface area contributed by atoms with Gasteiger partial charge in [-0.3, -0.25) is 14.2 Å². The highest BCUT2D eigenvalue weighted by Crippen LogP contribution is 2.33. The average Bonchev–Trinajstić information content (AvgIpc) is 2.88. The van der Waals surface area contributed by atoms with Crippen molar-refractivity contribution in [3.8, 4) is 17.6 Å². The van der Waals surface area contributed by atoms with Crippen molar-refractivity contribution in [3.63, 3.8) is 0 Å². The molecule has 1 aliphatic rings. The highest BCUT2D eigenvalue weighted by atomic mass is 35.5. The molecule has 7 nitrogen and oxygen atoms in total. The summed E-state index contributed by atoms with van der Waals surface area (Å²) in [5.74, 6) is -4.58.